The van der Waals surface area contributed by atoms with Gasteiger partial charge in [0.25, 0.3) is 0 Å². The van der Waals surface area contributed by atoms with Gasteiger partial charge in [0, 0.05) is 6.54 Å². The summed E-state index contributed by atoms with van der Waals surface area (Å²) in [5.41, 5.74) is 0.499. The number of nitrogens with zero attached hydrogens (tertiary/aromatic N) is 1. The molecule has 0 aromatic heterocycles. The Bertz CT molecular complexity index is 1100. The first-order chi connectivity index (χ1) is 12.4. The molecule has 3 rings (SSSR count). The third kappa shape index (κ3) is 3.57. The SMILES string of the molecule is N#Cc1c(Cl)cccc1S(=O)(=O)NCC(O)c1cccc2ccccc12. The highest BCUT2D eigenvalue weighted by Gasteiger charge is 2.22. The van der Waals surface area contributed by atoms with Crippen LogP contribution in [0.4, 0.5) is 0 Å². The van der Waals surface area contributed by atoms with Crippen LogP contribution in [0.5, 0.6) is 0 Å². The van der Waals surface area contributed by atoms with Crippen LogP contribution in [-0.2, 0) is 10.0 Å². The van der Waals surface area contributed by atoms with E-state index in [1.807, 2.05) is 30.3 Å². The van der Waals surface area contributed by atoms with Crippen LogP contribution in [0.25, 0.3) is 10.8 Å². The Morgan fingerprint density at radius 2 is 1.77 bits per heavy atom. The van der Waals surface area contributed by atoms with Crippen LogP contribution in [0, 0.1) is 11.3 Å². The van der Waals surface area contributed by atoms with Gasteiger partial charge in [0.1, 0.15) is 11.0 Å². The molecule has 3 aromatic rings. The summed E-state index contributed by atoms with van der Waals surface area (Å²) in [6.07, 6.45) is -1.04. The molecule has 0 aliphatic rings. The minimum Gasteiger partial charge on any atom is -0.387 e. The predicted molar refractivity (Wildman–Crippen MR) is 100 cm³/mol. The van der Waals surface area contributed by atoms with Crippen molar-refractivity contribution >= 4 is 32.4 Å². The Kier molecular flexibility index (Phi) is 5.25. The van der Waals surface area contributed by atoms with Crippen molar-refractivity contribution in [3.05, 3.63) is 76.8 Å². The summed E-state index contributed by atoms with van der Waals surface area (Å²) < 4.78 is 27.4. The van der Waals surface area contributed by atoms with Crippen LogP contribution < -0.4 is 4.72 Å². The molecule has 0 spiro atoms. The topological polar surface area (TPSA) is 90.2 Å². The van der Waals surface area contributed by atoms with Gasteiger partial charge in [-0.15, -0.1) is 0 Å². The molecular weight excluding hydrogens is 372 g/mol. The van der Waals surface area contributed by atoms with Gasteiger partial charge in [0.15, 0.2) is 0 Å². The second-order valence-corrected chi connectivity index (χ2v) is 7.80. The number of fused-ring (bicyclic) bond motifs is 1. The van der Waals surface area contributed by atoms with Crippen molar-refractivity contribution in [3.8, 4) is 6.07 Å². The number of aliphatic hydroxyl groups is 1. The molecule has 0 radical (unpaired) electrons. The zero-order chi connectivity index (χ0) is 18.7. The molecule has 0 aliphatic heterocycles. The second-order valence-electron chi connectivity index (χ2n) is 5.66. The lowest BCUT2D eigenvalue weighted by Gasteiger charge is -2.15. The highest BCUT2D eigenvalue weighted by molar-refractivity contribution is 7.89. The van der Waals surface area contributed by atoms with Crippen molar-refractivity contribution in [2.24, 2.45) is 0 Å². The van der Waals surface area contributed by atoms with Crippen LogP contribution in [0.1, 0.15) is 17.2 Å². The molecule has 0 amide bonds. The van der Waals surface area contributed by atoms with Gasteiger partial charge < -0.3 is 5.11 Å². The number of benzene rings is 3. The maximum Gasteiger partial charge on any atom is 0.242 e. The molecule has 1 atom stereocenters. The van der Waals surface area contributed by atoms with Crippen LogP contribution in [0.2, 0.25) is 5.02 Å². The Labute approximate surface area is 156 Å². The Balaban J connectivity index is 1.86. The van der Waals surface area contributed by atoms with E-state index in [-0.39, 0.29) is 22.0 Å². The molecule has 0 saturated carbocycles. The second kappa shape index (κ2) is 7.44. The molecule has 26 heavy (non-hydrogen) atoms. The molecule has 0 bridgehead atoms. The predicted octanol–water partition coefficient (Wildman–Crippen LogP) is 3.38. The zero-order valence-corrected chi connectivity index (χ0v) is 15.1. The number of hydrogen-bond acceptors (Lipinski definition) is 4. The summed E-state index contributed by atoms with van der Waals surface area (Å²) in [7, 11) is -4.00. The monoisotopic (exact) mass is 386 g/mol. The highest BCUT2D eigenvalue weighted by atomic mass is 35.5. The molecular formula is C19H15ClN2O3S. The lowest BCUT2D eigenvalue weighted by atomic mass is 10.0. The maximum absolute atomic E-state index is 12.5. The van der Waals surface area contributed by atoms with Crippen LogP contribution in [-0.4, -0.2) is 20.1 Å². The van der Waals surface area contributed by atoms with E-state index in [2.05, 4.69) is 4.72 Å². The molecule has 2 N–H and O–H groups in total. The van der Waals surface area contributed by atoms with Crippen molar-refractivity contribution in [1.29, 1.82) is 5.26 Å². The van der Waals surface area contributed by atoms with Crippen LogP contribution in [0.3, 0.4) is 0 Å². The van der Waals surface area contributed by atoms with E-state index in [4.69, 9.17) is 16.9 Å². The summed E-state index contributed by atoms with van der Waals surface area (Å²) >= 11 is 5.90. The average Bonchev–Trinajstić information content (AvgIpc) is 2.65. The van der Waals surface area contributed by atoms with E-state index in [0.717, 1.165) is 10.8 Å². The largest absolute Gasteiger partial charge is 0.387 e. The minimum absolute atomic E-state index is 0.0602. The smallest absolute Gasteiger partial charge is 0.242 e. The summed E-state index contributed by atoms with van der Waals surface area (Å²) in [6.45, 7) is -0.228. The molecule has 0 heterocycles. The van der Waals surface area contributed by atoms with Crippen molar-refractivity contribution < 1.29 is 13.5 Å². The fourth-order valence-electron chi connectivity index (χ4n) is 2.75. The maximum atomic E-state index is 12.5. The van der Waals surface area contributed by atoms with Crippen molar-refractivity contribution in [2.45, 2.75) is 11.0 Å². The summed E-state index contributed by atoms with van der Waals surface area (Å²) in [6, 6.07) is 19.0. The lowest BCUT2D eigenvalue weighted by Crippen LogP contribution is -2.29. The third-order valence-corrected chi connectivity index (χ3v) is 5.81. The summed E-state index contributed by atoms with van der Waals surface area (Å²) in [5.74, 6) is 0. The van der Waals surface area contributed by atoms with Gasteiger partial charge in [-0.05, 0) is 28.5 Å². The van der Waals surface area contributed by atoms with Crippen molar-refractivity contribution in [2.75, 3.05) is 6.54 Å². The quantitative estimate of drug-likeness (QED) is 0.703. The number of nitrogens with one attached hydrogen (secondary N) is 1. The van der Waals surface area contributed by atoms with E-state index in [1.54, 1.807) is 18.2 Å². The molecule has 3 aromatic carbocycles. The number of rotatable bonds is 5. The fourth-order valence-corrected chi connectivity index (χ4v) is 4.24. The van der Waals surface area contributed by atoms with Gasteiger partial charge in [-0.1, -0.05) is 60.1 Å². The molecule has 5 nitrogen and oxygen atoms in total. The van der Waals surface area contributed by atoms with Gasteiger partial charge >= 0.3 is 0 Å². The van der Waals surface area contributed by atoms with Gasteiger partial charge in [0.2, 0.25) is 10.0 Å². The summed E-state index contributed by atoms with van der Waals surface area (Å²) in [5, 5.41) is 21.5. The van der Waals surface area contributed by atoms with Gasteiger partial charge in [-0.2, -0.15) is 5.26 Å². The van der Waals surface area contributed by atoms with Gasteiger partial charge in [-0.3, -0.25) is 0 Å². The molecule has 0 aliphatic carbocycles. The van der Waals surface area contributed by atoms with E-state index < -0.39 is 16.1 Å². The normalized spacial score (nSPS) is 12.7. The average molecular weight is 387 g/mol. The Hall–Kier alpha value is -2.43. The lowest BCUT2D eigenvalue weighted by molar-refractivity contribution is 0.183. The van der Waals surface area contributed by atoms with E-state index in [1.165, 1.54) is 18.2 Å². The Morgan fingerprint density at radius 3 is 2.54 bits per heavy atom. The van der Waals surface area contributed by atoms with Crippen molar-refractivity contribution in [3.63, 3.8) is 0 Å². The van der Waals surface area contributed by atoms with Crippen LogP contribution >= 0.6 is 11.6 Å². The first-order valence-corrected chi connectivity index (χ1v) is 9.64. The highest BCUT2D eigenvalue weighted by Crippen LogP contribution is 2.26. The summed E-state index contributed by atoms with van der Waals surface area (Å²) in [4.78, 5) is -0.211. The van der Waals surface area contributed by atoms with Gasteiger partial charge in [-0.25, -0.2) is 13.1 Å². The third-order valence-electron chi connectivity index (χ3n) is 4.03. The molecule has 7 heteroatoms. The molecule has 132 valence electrons. The van der Waals surface area contributed by atoms with Gasteiger partial charge in [0.05, 0.1) is 16.7 Å². The first-order valence-electron chi connectivity index (χ1n) is 7.78. The standard InChI is InChI=1S/C19H15ClN2O3S/c20-17-9-4-10-19(16(17)11-21)26(24,25)22-12-18(23)15-8-3-6-13-5-1-2-7-14(13)15/h1-10,18,22-23H,12H2. The number of aliphatic hydroxyl groups excluding tert-OH is 1. The van der Waals surface area contributed by atoms with E-state index >= 15 is 0 Å². The zero-order valence-electron chi connectivity index (χ0n) is 13.6. The number of sulfonamides is 1. The van der Waals surface area contributed by atoms with E-state index in [9.17, 15) is 13.5 Å². The molecule has 1 unspecified atom stereocenters. The number of nitriles is 1. The number of halogens is 1. The first kappa shape index (κ1) is 18.4. The van der Waals surface area contributed by atoms with Crippen LogP contribution in [0.15, 0.2) is 65.6 Å². The Morgan fingerprint density at radius 1 is 1.08 bits per heavy atom. The minimum atomic E-state index is -4.00. The van der Waals surface area contributed by atoms with Crippen molar-refractivity contribution in [1.82, 2.24) is 4.72 Å². The fraction of sp³-hybridized carbons (Fsp3) is 0.105. The molecule has 0 fully saturated rings. The van der Waals surface area contributed by atoms with E-state index in [0.29, 0.717) is 5.56 Å². The molecule has 0 saturated heterocycles. The number of hydrogen-bond donors (Lipinski definition) is 2.